The number of hydrogen-bond donors (Lipinski definition) is 0. The Labute approximate surface area is 259 Å². The van der Waals surface area contributed by atoms with Gasteiger partial charge in [-0.15, -0.1) is 11.3 Å². The molecule has 0 N–H and O–H groups in total. The summed E-state index contributed by atoms with van der Waals surface area (Å²) in [4.78, 5) is 43.2. The standard InChI is InChI=1S/C33H35N5O3S2/c1-22-11-7-9-15-26(22)38-32(40)29-24-14-8-10-16-27(24)43-30(29)35-33(38)42-21-28-34-25(20-41-28)31(39)37(18-17-36(2)3)19-23-12-5-4-6-13-23/h4-7,9,11-13,15,20H,8,10,14,16-19,21H2,1-3H3. The number of carbonyl (C=O) groups is 1. The highest BCUT2D eigenvalue weighted by atomic mass is 32.2. The van der Waals surface area contributed by atoms with Crippen LogP contribution in [0.1, 0.15) is 50.8 Å². The lowest BCUT2D eigenvalue weighted by Crippen LogP contribution is -2.36. The first-order valence-corrected chi connectivity index (χ1v) is 16.4. The SMILES string of the molecule is Cc1ccccc1-n1c(SCc2nc(C(=O)N(CCN(C)C)Cc3ccccc3)co2)nc2sc3c(c2c1=O)CCCC3. The second-order valence-corrected chi connectivity index (χ2v) is 13.2. The number of rotatable bonds is 10. The first-order chi connectivity index (χ1) is 20.9. The highest BCUT2D eigenvalue weighted by Gasteiger charge is 2.25. The Bertz CT molecular complexity index is 1810. The molecule has 3 heterocycles. The third kappa shape index (κ3) is 6.32. The topological polar surface area (TPSA) is 84.5 Å². The minimum atomic E-state index is -0.175. The number of aromatic nitrogens is 3. The predicted molar refractivity (Wildman–Crippen MR) is 172 cm³/mol. The van der Waals surface area contributed by atoms with Gasteiger partial charge in [-0.2, -0.15) is 0 Å². The predicted octanol–water partition coefficient (Wildman–Crippen LogP) is 6.12. The van der Waals surface area contributed by atoms with E-state index in [0.29, 0.717) is 29.9 Å². The van der Waals surface area contributed by atoms with Crippen LogP contribution in [-0.2, 0) is 25.1 Å². The minimum absolute atomic E-state index is 0.0260. The van der Waals surface area contributed by atoms with E-state index in [2.05, 4.69) is 9.88 Å². The van der Waals surface area contributed by atoms with Crippen molar-refractivity contribution in [2.75, 3.05) is 27.2 Å². The highest BCUT2D eigenvalue weighted by Crippen LogP contribution is 2.36. The van der Waals surface area contributed by atoms with E-state index in [0.717, 1.165) is 59.3 Å². The van der Waals surface area contributed by atoms with Gasteiger partial charge in [0.15, 0.2) is 10.9 Å². The number of thioether (sulfide) groups is 1. The van der Waals surface area contributed by atoms with Crippen molar-refractivity contribution in [3.05, 3.63) is 104 Å². The third-order valence-electron chi connectivity index (χ3n) is 7.73. The van der Waals surface area contributed by atoms with Crippen LogP contribution in [0.5, 0.6) is 0 Å². The van der Waals surface area contributed by atoms with Crippen LogP contribution < -0.4 is 5.56 Å². The van der Waals surface area contributed by atoms with Gasteiger partial charge in [-0.25, -0.2) is 9.97 Å². The lowest BCUT2D eigenvalue weighted by atomic mass is 9.97. The number of benzene rings is 2. The molecule has 0 aliphatic heterocycles. The number of aryl methyl sites for hydroxylation is 3. The van der Waals surface area contributed by atoms with Crippen LogP contribution in [0.25, 0.3) is 15.9 Å². The van der Waals surface area contributed by atoms with Gasteiger partial charge in [-0.3, -0.25) is 14.2 Å². The molecule has 0 unspecified atom stereocenters. The van der Waals surface area contributed by atoms with Crippen molar-refractivity contribution in [1.29, 1.82) is 0 Å². The van der Waals surface area contributed by atoms with Gasteiger partial charge in [0.1, 0.15) is 11.1 Å². The zero-order valence-corrected chi connectivity index (χ0v) is 26.3. The number of likely N-dealkylation sites (N-methyl/N-ethyl adjacent to an activating group) is 1. The smallest absolute Gasteiger partial charge is 0.276 e. The molecule has 0 bridgehead atoms. The number of hydrogen-bond acceptors (Lipinski definition) is 8. The Morgan fingerprint density at radius 1 is 1.02 bits per heavy atom. The lowest BCUT2D eigenvalue weighted by molar-refractivity contribution is 0.0726. The lowest BCUT2D eigenvalue weighted by Gasteiger charge is -2.23. The van der Waals surface area contributed by atoms with Crippen molar-refractivity contribution < 1.29 is 9.21 Å². The maximum absolute atomic E-state index is 14.1. The van der Waals surface area contributed by atoms with E-state index in [1.165, 1.54) is 28.5 Å². The van der Waals surface area contributed by atoms with Crippen molar-refractivity contribution in [3.63, 3.8) is 0 Å². The molecule has 1 aliphatic carbocycles. The molecule has 0 atom stereocenters. The van der Waals surface area contributed by atoms with Gasteiger partial charge >= 0.3 is 0 Å². The van der Waals surface area contributed by atoms with Crippen LogP contribution in [0.15, 0.2) is 75.2 Å². The minimum Gasteiger partial charge on any atom is -0.447 e. The van der Waals surface area contributed by atoms with Crippen LogP contribution in [0.4, 0.5) is 0 Å². The molecule has 0 radical (unpaired) electrons. The van der Waals surface area contributed by atoms with Crippen LogP contribution in [0.3, 0.4) is 0 Å². The monoisotopic (exact) mass is 613 g/mol. The molecular weight excluding hydrogens is 579 g/mol. The number of nitrogens with zero attached hydrogens (tertiary/aromatic N) is 5. The van der Waals surface area contributed by atoms with Crippen LogP contribution in [0, 0.1) is 6.92 Å². The fourth-order valence-corrected chi connectivity index (χ4v) is 7.61. The largest absolute Gasteiger partial charge is 0.447 e. The Balaban J connectivity index is 1.28. The number of fused-ring (bicyclic) bond motifs is 3. The molecule has 43 heavy (non-hydrogen) atoms. The van der Waals surface area contributed by atoms with E-state index in [-0.39, 0.29) is 17.2 Å². The molecule has 8 nitrogen and oxygen atoms in total. The van der Waals surface area contributed by atoms with E-state index < -0.39 is 0 Å². The van der Waals surface area contributed by atoms with Crippen molar-refractivity contribution in [2.45, 2.75) is 50.1 Å². The Morgan fingerprint density at radius 3 is 2.58 bits per heavy atom. The number of amides is 1. The highest BCUT2D eigenvalue weighted by molar-refractivity contribution is 7.98. The van der Waals surface area contributed by atoms with Gasteiger partial charge in [0, 0.05) is 24.5 Å². The molecule has 1 aliphatic rings. The Morgan fingerprint density at radius 2 is 1.79 bits per heavy atom. The van der Waals surface area contributed by atoms with Gasteiger partial charge in [-0.1, -0.05) is 60.3 Å². The molecule has 0 saturated heterocycles. The summed E-state index contributed by atoms with van der Waals surface area (Å²) in [7, 11) is 3.98. The van der Waals surface area contributed by atoms with E-state index in [1.807, 2.05) is 75.6 Å². The molecule has 0 fully saturated rings. The molecule has 5 aromatic rings. The molecule has 6 rings (SSSR count). The van der Waals surface area contributed by atoms with Gasteiger partial charge in [-0.05, 0) is 69.5 Å². The first-order valence-electron chi connectivity index (χ1n) is 14.6. The number of thiophene rings is 1. The zero-order chi connectivity index (χ0) is 29.9. The van der Waals surface area contributed by atoms with E-state index in [9.17, 15) is 9.59 Å². The summed E-state index contributed by atoms with van der Waals surface area (Å²) in [5, 5.41) is 1.35. The molecule has 0 saturated carbocycles. The molecular formula is C33H35N5O3S2. The zero-order valence-electron chi connectivity index (χ0n) is 24.7. The summed E-state index contributed by atoms with van der Waals surface area (Å²) in [6.45, 7) is 3.79. The second kappa shape index (κ2) is 12.9. The van der Waals surface area contributed by atoms with Gasteiger partial charge in [0.05, 0.1) is 16.8 Å². The summed E-state index contributed by atoms with van der Waals surface area (Å²) < 4.78 is 7.52. The molecule has 0 spiro atoms. The Kier molecular flexibility index (Phi) is 8.78. The molecule has 1 amide bonds. The van der Waals surface area contributed by atoms with Gasteiger partial charge in [0.2, 0.25) is 5.89 Å². The number of oxazole rings is 1. The van der Waals surface area contributed by atoms with Gasteiger partial charge in [0.25, 0.3) is 11.5 Å². The van der Waals surface area contributed by atoms with Crippen molar-refractivity contribution in [1.82, 2.24) is 24.3 Å². The fraction of sp³-hybridized carbons (Fsp3) is 0.333. The maximum atomic E-state index is 14.1. The second-order valence-electron chi connectivity index (χ2n) is 11.1. The fourth-order valence-electron chi connectivity index (χ4n) is 5.45. The maximum Gasteiger partial charge on any atom is 0.276 e. The normalized spacial score (nSPS) is 13.0. The quantitative estimate of drug-likeness (QED) is 0.139. The summed E-state index contributed by atoms with van der Waals surface area (Å²) in [6.07, 6.45) is 5.62. The average Bonchev–Trinajstić information content (AvgIpc) is 3.64. The van der Waals surface area contributed by atoms with Crippen molar-refractivity contribution in [3.8, 4) is 5.69 Å². The molecule has 2 aromatic carbocycles. The van der Waals surface area contributed by atoms with Crippen LogP contribution in [-0.4, -0.2) is 57.4 Å². The third-order valence-corrected chi connectivity index (χ3v) is 9.84. The van der Waals surface area contributed by atoms with Crippen molar-refractivity contribution in [2.24, 2.45) is 0 Å². The summed E-state index contributed by atoms with van der Waals surface area (Å²) in [5.74, 6) is 0.571. The summed E-state index contributed by atoms with van der Waals surface area (Å²) in [5.41, 5.74) is 4.29. The van der Waals surface area contributed by atoms with Crippen LogP contribution in [0.2, 0.25) is 0 Å². The summed E-state index contributed by atoms with van der Waals surface area (Å²) in [6, 6.07) is 17.8. The molecule has 10 heteroatoms. The van der Waals surface area contributed by atoms with Gasteiger partial charge < -0.3 is 14.2 Å². The Hall–Kier alpha value is -3.73. The van der Waals surface area contributed by atoms with E-state index in [1.54, 1.807) is 20.8 Å². The summed E-state index contributed by atoms with van der Waals surface area (Å²) >= 11 is 3.05. The number of carbonyl (C=O) groups excluding carboxylic acids is 1. The van der Waals surface area contributed by atoms with Crippen LogP contribution >= 0.6 is 23.1 Å². The van der Waals surface area contributed by atoms with E-state index in [4.69, 9.17) is 9.40 Å². The average molecular weight is 614 g/mol. The first kappa shape index (κ1) is 29.3. The van der Waals surface area contributed by atoms with E-state index >= 15 is 0 Å². The number of para-hydroxylation sites is 1. The van der Waals surface area contributed by atoms with Crippen molar-refractivity contribution >= 4 is 39.2 Å². The molecule has 3 aromatic heterocycles. The molecule has 222 valence electrons.